The van der Waals surface area contributed by atoms with Gasteiger partial charge in [0, 0.05) is 11.8 Å². The molecule has 0 spiro atoms. The summed E-state index contributed by atoms with van der Waals surface area (Å²) in [7, 11) is 0. The zero-order chi connectivity index (χ0) is 13.9. The third-order valence-electron chi connectivity index (χ3n) is 2.97. The van der Waals surface area contributed by atoms with E-state index in [2.05, 4.69) is 11.2 Å². The number of rotatable bonds is 2. The minimum absolute atomic E-state index is 0.310. The van der Waals surface area contributed by atoms with Crippen LogP contribution in [0.25, 0.3) is 16.9 Å². The molecular weight excluding hydrogens is 253 g/mol. The minimum Gasteiger partial charge on any atom is -0.239 e. The summed E-state index contributed by atoms with van der Waals surface area (Å²) in [5.74, 6) is -0.310. The maximum atomic E-state index is 13.0. The molecule has 0 aliphatic carbocycles. The Labute approximate surface area is 115 Å². The molecule has 0 atom stereocenters. The quantitative estimate of drug-likeness (QED) is 0.709. The van der Waals surface area contributed by atoms with Gasteiger partial charge >= 0.3 is 0 Å². The Morgan fingerprint density at radius 1 is 1.00 bits per heavy atom. The van der Waals surface area contributed by atoms with Gasteiger partial charge in [-0.25, -0.2) is 9.07 Å². The molecule has 1 heterocycles. The van der Waals surface area contributed by atoms with Crippen LogP contribution in [0.3, 0.4) is 0 Å². The minimum atomic E-state index is -0.310. The Kier molecular flexibility index (Phi) is 3.02. The number of hydrogen-bond acceptors (Lipinski definition) is 2. The van der Waals surface area contributed by atoms with Crippen LogP contribution in [0.2, 0.25) is 0 Å². The van der Waals surface area contributed by atoms with E-state index < -0.39 is 0 Å². The van der Waals surface area contributed by atoms with Crippen molar-refractivity contribution in [3.8, 4) is 23.0 Å². The summed E-state index contributed by atoms with van der Waals surface area (Å²) in [6.45, 7) is 0. The Hall–Kier alpha value is -2.93. The normalized spacial score (nSPS) is 10.2. The van der Waals surface area contributed by atoms with Crippen LogP contribution in [0.15, 0.2) is 60.8 Å². The van der Waals surface area contributed by atoms with E-state index in [4.69, 9.17) is 0 Å². The van der Waals surface area contributed by atoms with Crippen molar-refractivity contribution in [3.05, 3.63) is 72.2 Å². The first-order valence-electron chi connectivity index (χ1n) is 6.09. The molecule has 4 heteroatoms. The van der Waals surface area contributed by atoms with Gasteiger partial charge in [0.25, 0.3) is 0 Å². The SMILES string of the molecule is N#Cc1cn(-c2ccccc2)nc1-c1ccc(F)cc1. The molecule has 0 saturated heterocycles. The topological polar surface area (TPSA) is 41.6 Å². The average Bonchev–Trinajstić information content (AvgIpc) is 2.93. The Morgan fingerprint density at radius 3 is 2.35 bits per heavy atom. The molecule has 0 amide bonds. The lowest BCUT2D eigenvalue weighted by Crippen LogP contribution is -1.94. The summed E-state index contributed by atoms with van der Waals surface area (Å²) < 4.78 is 14.6. The summed E-state index contributed by atoms with van der Waals surface area (Å²) in [5.41, 5.74) is 2.60. The van der Waals surface area contributed by atoms with Crippen LogP contribution in [0.5, 0.6) is 0 Å². The molecule has 3 nitrogen and oxygen atoms in total. The number of para-hydroxylation sites is 1. The van der Waals surface area contributed by atoms with Crippen molar-refractivity contribution in [2.75, 3.05) is 0 Å². The van der Waals surface area contributed by atoms with Gasteiger partial charge in [-0.15, -0.1) is 0 Å². The van der Waals surface area contributed by atoms with E-state index in [1.54, 1.807) is 23.0 Å². The molecule has 0 N–H and O–H groups in total. The smallest absolute Gasteiger partial charge is 0.123 e. The van der Waals surface area contributed by atoms with Crippen molar-refractivity contribution in [3.63, 3.8) is 0 Å². The largest absolute Gasteiger partial charge is 0.239 e. The van der Waals surface area contributed by atoms with Crippen molar-refractivity contribution in [1.29, 1.82) is 5.26 Å². The molecule has 0 unspecified atom stereocenters. The lowest BCUT2D eigenvalue weighted by Gasteiger charge is -2.00. The Morgan fingerprint density at radius 2 is 1.70 bits per heavy atom. The maximum absolute atomic E-state index is 13.0. The molecule has 0 radical (unpaired) electrons. The van der Waals surface area contributed by atoms with Crippen LogP contribution < -0.4 is 0 Å². The number of halogens is 1. The molecule has 2 aromatic carbocycles. The van der Waals surface area contributed by atoms with Crippen molar-refractivity contribution in [2.45, 2.75) is 0 Å². The molecular formula is C16H10FN3. The Balaban J connectivity index is 2.11. The van der Waals surface area contributed by atoms with Crippen LogP contribution in [-0.2, 0) is 0 Å². The maximum Gasteiger partial charge on any atom is 0.123 e. The first-order chi connectivity index (χ1) is 9.78. The second-order valence-corrected chi connectivity index (χ2v) is 4.29. The molecule has 0 aliphatic heterocycles. The van der Waals surface area contributed by atoms with Crippen molar-refractivity contribution >= 4 is 0 Å². The Bertz CT molecular complexity index is 768. The second kappa shape index (κ2) is 4.98. The van der Waals surface area contributed by atoms with Gasteiger partial charge < -0.3 is 0 Å². The van der Waals surface area contributed by atoms with Crippen molar-refractivity contribution < 1.29 is 4.39 Å². The standard InChI is InChI=1S/C16H10FN3/c17-14-8-6-12(7-9-14)16-13(10-18)11-20(19-16)15-4-2-1-3-5-15/h1-9,11H. The van der Waals surface area contributed by atoms with Crippen LogP contribution in [0.4, 0.5) is 4.39 Å². The van der Waals surface area contributed by atoms with Gasteiger partial charge in [-0.3, -0.25) is 0 Å². The molecule has 0 saturated carbocycles. The summed E-state index contributed by atoms with van der Waals surface area (Å²) in [5, 5.41) is 13.6. The molecule has 0 bridgehead atoms. The summed E-state index contributed by atoms with van der Waals surface area (Å²) in [6, 6.07) is 17.6. The highest BCUT2D eigenvalue weighted by atomic mass is 19.1. The fraction of sp³-hybridized carbons (Fsp3) is 0. The molecule has 0 aliphatic rings. The van der Waals surface area contributed by atoms with Crippen LogP contribution in [0.1, 0.15) is 5.56 Å². The number of nitriles is 1. The van der Waals surface area contributed by atoms with E-state index in [1.807, 2.05) is 30.3 Å². The molecule has 1 aromatic heterocycles. The van der Waals surface area contributed by atoms with Gasteiger partial charge in [-0.1, -0.05) is 18.2 Å². The first-order valence-corrected chi connectivity index (χ1v) is 6.09. The van der Waals surface area contributed by atoms with Crippen molar-refractivity contribution in [2.24, 2.45) is 0 Å². The van der Waals surface area contributed by atoms with E-state index in [0.717, 1.165) is 11.3 Å². The zero-order valence-electron chi connectivity index (χ0n) is 10.5. The monoisotopic (exact) mass is 263 g/mol. The molecule has 20 heavy (non-hydrogen) atoms. The number of nitrogens with zero attached hydrogens (tertiary/aromatic N) is 3. The van der Waals surface area contributed by atoms with Gasteiger partial charge in [0.2, 0.25) is 0 Å². The van der Waals surface area contributed by atoms with Crippen LogP contribution >= 0.6 is 0 Å². The lowest BCUT2D eigenvalue weighted by molar-refractivity contribution is 0.628. The third kappa shape index (κ3) is 2.17. The van der Waals surface area contributed by atoms with Gasteiger partial charge in [-0.2, -0.15) is 10.4 Å². The second-order valence-electron chi connectivity index (χ2n) is 4.29. The molecule has 3 aromatic rings. The van der Waals surface area contributed by atoms with E-state index in [-0.39, 0.29) is 5.82 Å². The van der Waals surface area contributed by atoms with Crippen molar-refractivity contribution in [1.82, 2.24) is 9.78 Å². The molecule has 0 fully saturated rings. The van der Waals surface area contributed by atoms with Gasteiger partial charge in [0.05, 0.1) is 11.3 Å². The first kappa shape index (κ1) is 12.1. The average molecular weight is 263 g/mol. The zero-order valence-corrected chi connectivity index (χ0v) is 10.5. The number of hydrogen-bond donors (Lipinski definition) is 0. The molecule has 3 rings (SSSR count). The van der Waals surface area contributed by atoms with Gasteiger partial charge in [-0.05, 0) is 36.4 Å². The van der Waals surface area contributed by atoms with Gasteiger partial charge in [0.1, 0.15) is 17.6 Å². The fourth-order valence-corrected chi connectivity index (χ4v) is 1.99. The highest BCUT2D eigenvalue weighted by molar-refractivity contribution is 5.66. The molecule has 96 valence electrons. The summed E-state index contributed by atoms with van der Waals surface area (Å²) in [6.07, 6.45) is 1.67. The van der Waals surface area contributed by atoms with E-state index >= 15 is 0 Å². The third-order valence-corrected chi connectivity index (χ3v) is 2.97. The summed E-state index contributed by atoms with van der Waals surface area (Å²) in [4.78, 5) is 0. The van der Waals surface area contributed by atoms with Gasteiger partial charge in [0.15, 0.2) is 0 Å². The predicted octanol–water partition coefficient (Wildman–Crippen LogP) is 3.55. The van der Waals surface area contributed by atoms with E-state index in [1.165, 1.54) is 12.1 Å². The predicted molar refractivity (Wildman–Crippen MR) is 73.7 cm³/mol. The van der Waals surface area contributed by atoms with E-state index in [9.17, 15) is 9.65 Å². The highest BCUT2D eigenvalue weighted by Crippen LogP contribution is 2.23. The van der Waals surface area contributed by atoms with Crippen LogP contribution in [-0.4, -0.2) is 9.78 Å². The lowest BCUT2D eigenvalue weighted by atomic mass is 10.1. The van der Waals surface area contributed by atoms with Crippen LogP contribution in [0, 0.1) is 17.1 Å². The highest BCUT2D eigenvalue weighted by Gasteiger charge is 2.11. The number of aromatic nitrogens is 2. The number of benzene rings is 2. The fourth-order valence-electron chi connectivity index (χ4n) is 1.99. The van der Waals surface area contributed by atoms with E-state index in [0.29, 0.717) is 11.3 Å². The summed E-state index contributed by atoms with van der Waals surface area (Å²) >= 11 is 0.